The monoisotopic (exact) mass is 369 g/mol. The predicted octanol–water partition coefficient (Wildman–Crippen LogP) is 1.50. The zero-order valence-electron chi connectivity index (χ0n) is 15.0. The van der Waals surface area contributed by atoms with Gasteiger partial charge in [-0.05, 0) is 24.3 Å². The van der Waals surface area contributed by atoms with Gasteiger partial charge in [-0.1, -0.05) is 18.2 Å². The van der Waals surface area contributed by atoms with E-state index in [0.717, 1.165) is 19.6 Å². The van der Waals surface area contributed by atoms with Gasteiger partial charge in [-0.25, -0.2) is 0 Å². The fourth-order valence-corrected chi connectivity index (χ4v) is 2.71. The number of hydrogen-bond donors (Lipinski definition) is 2. The number of benzene rings is 1. The minimum atomic E-state index is -0.357. The van der Waals surface area contributed by atoms with Crippen LogP contribution in [0.25, 0.3) is 6.08 Å². The number of rotatable bonds is 7. The second-order valence-corrected chi connectivity index (χ2v) is 6.10. The minimum absolute atomic E-state index is 0.140. The van der Waals surface area contributed by atoms with Gasteiger partial charge in [0.2, 0.25) is 0 Å². The lowest BCUT2D eigenvalue weighted by molar-refractivity contribution is -0.117. The predicted molar refractivity (Wildman–Crippen MR) is 101 cm³/mol. The Labute approximate surface area is 158 Å². The molecular formula is C20H23N3O4. The van der Waals surface area contributed by atoms with Crippen LogP contribution in [-0.4, -0.2) is 56.1 Å². The molecule has 2 amide bonds. The fourth-order valence-electron chi connectivity index (χ4n) is 2.71. The van der Waals surface area contributed by atoms with Gasteiger partial charge in [0.1, 0.15) is 11.5 Å². The number of nitrogens with one attached hydrogen (secondary N) is 2. The maximum absolute atomic E-state index is 12.6. The summed E-state index contributed by atoms with van der Waals surface area (Å²) in [5.74, 6) is -0.220. The van der Waals surface area contributed by atoms with E-state index in [1.807, 2.05) is 6.07 Å². The van der Waals surface area contributed by atoms with Gasteiger partial charge in [0.25, 0.3) is 11.8 Å². The fraction of sp³-hybridized carbons (Fsp3) is 0.300. The Hall–Kier alpha value is -2.90. The van der Waals surface area contributed by atoms with Crippen molar-refractivity contribution < 1.29 is 18.7 Å². The first kappa shape index (κ1) is 18.9. The second kappa shape index (κ2) is 9.70. The molecule has 1 aliphatic heterocycles. The normalized spacial score (nSPS) is 15.3. The Morgan fingerprint density at radius 2 is 1.85 bits per heavy atom. The lowest BCUT2D eigenvalue weighted by Crippen LogP contribution is -2.42. The molecular weight excluding hydrogens is 346 g/mol. The van der Waals surface area contributed by atoms with Gasteiger partial charge in [-0.3, -0.25) is 14.5 Å². The van der Waals surface area contributed by atoms with Crippen molar-refractivity contribution in [2.75, 3.05) is 39.4 Å². The van der Waals surface area contributed by atoms with E-state index in [4.69, 9.17) is 9.15 Å². The highest BCUT2D eigenvalue weighted by Crippen LogP contribution is 2.08. The summed E-state index contributed by atoms with van der Waals surface area (Å²) in [5, 5.41) is 5.53. The van der Waals surface area contributed by atoms with Crippen LogP contribution in [0.1, 0.15) is 16.1 Å². The standard InChI is InChI=1S/C20H23N3O4/c24-19(16-5-2-1-3-6-16)22-18(15-17-7-4-12-27-17)20(25)21-8-9-23-10-13-26-14-11-23/h1-7,12,15H,8-11,13-14H2,(H,21,25)(H,22,24)/b18-15+. The second-order valence-electron chi connectivity index (χ2n) is 6.10. The summed E-state index contributed by atoms with van der Waals surface area (Å²) in [6, 6.07) is 12.2. The molecule has 0 aliphatic carbocycles. The average Bonchev–Trinajstić information content (AvgIpc) is 3.22. The van der Waals surface area contributed by atoms with Gasteiger partial charge in [-0.2, -0.15) is 0 Å². The van der Waals surface area contributed by atoms with Gasteiger partial charge < -0.3 is 19.8 Å². The van der Waals surface area contributed by atoms with Gasteiger partial charge in [0.05, 0.1) is 19.5 Å². The van der Waals surface area contributed by atoms with Gasteiger partial charge in [0.15, 0.2) is 0 Å². The van der Waals surface area contributed by atoms with Crippen LogP contribution in [0.15, 0.2) is 58.8 Å². The Kier molecular flexibility index (Phi) is 6.78. The van der Waals surface area contributed by atoms with Gasteiger partial charge in [0, 0.05) is 37.8 Å². The van der Waals surface area contributed by atoms with E-state index in [2.05, 4.69) is 15.5 Å². The molecule has 0 atom stereocenters. The van der Waals surface area contributed by atoms with Gasteiger partial charge >= 0.3 is 0 Å². The SMILES string of the molecule is O=C(NCCN1CCOCC1)/C(=C\c1ccco1)NC(=O)c1ccccc1. The molecule has 1 saturated heterocycles. The van der Waals surface area contributed by atoms with E-state index >= 15 is 0 Å². The van der Waals surface area contributed by atoms with Gasteiger partial charge in [-0.15, -0.1) is 0 Å². The van der Waals surface area contributed by atoms with Crippen LogP contribution in [0, 0.1) is 0 Å². The first-order chi connectivity index (χ1) is 13.2. The highest BCUT2D eigenvalue weighted by atomic mass is 16.5. The topological polar surface area (TPSA) is 83.8 Å². The summed E-state index contributed by atoms with van der Waals surface area (Å²) < 4.78 is 10.6. The quantitative estimate of drug-likeness (QED) is 0.723. The number of furan rings is 1. The van der Waals surface area contributed by atoms with Crippen molar-refractivity contribution in [3.8, 4) is 0 Å². The molecule has 7 heteroatoms. The zero-order valence-corrected chi connectivity index (χ0v) is 15.0. The van der Waals surface area contributed by atoms with Crippen LogP contribution >= 0.6 is 0 Å². The van der Waals surface area contributed by atoms with Crippen LogP contribution in [0.3, 0.4) is 0 Å². The van der Waals surface area contributed by atoms with Crippen LogP contribution < -0.4 is 10.6 Å². The van der Waals surface area contributed by atoms with Crippen molar-refractivity contribution in [2.45, 2.75) is 0 Å². The number of carbonyl (C=O) groups excluding carboxylic acids is 2. The van der Waals surface area contributed by atoms with Crippen LogP contribution in [0.2, 0.25) is 0 Å². The summed E-state index contributed by atoms with van der Waals surface area (Å²) in [6.07, 6.45) is 3.03. The molecule has 2 N–H and O–H groups in total. The molecule has 7 nitrogen and oxygen atoms in total. The van der Waals surface area contributed by atoms with Crippen molar-refractivity contribution in [1.82, 2.24) is 15.5 Å². The highest BCUT2D eigenvalue weighted by molar-refractivity contribution is 6.05. The third-order valence-corrected chi connectivity index (χ3v) is 4.18. The smallest absolute Gasteiger partial charge is 0.267 e. The summed E-state index contributed by atoms with van der Waals surface area (Å²) in [6.45, 7) is 4.35. The third-order valence-electron chi connectivity index (χ3n) is 4.18. The summed E-state index contributed by atoms with van der Waals surface area (Å²) in [7, 11) is 0. The van der Waals surface area contributed by atoms with E-state index < -0.39 is 0 Å². The largest absolute Gasteiger partial charge is 0.465 e. The lowest BCUT2D eigenvalue weighted by Gasteiger charge is -2.26. The van der Waals surface area contributed by atoms with Crippen molar-refractivity contribution in [2.24, 2.45) is 0 Å². The highest BCUT2D eigenvalue weighted by Gasteiger charge is 2.16. The minimum Gasteiger partial charge on any atom is -0.465 e. The molecule has 27 heavy (non-hydrogen) atoms. The summed E-state index contributed by atoms with van der Waals surface area (Å²) in [4.78, 5) is 27.2. The zero-order chi connectivity index (χ0) is 18.9. The van der Waals surface area contributed by atoms with E-state index in [0.29, 0.717) is 31.1 Å². The number of amides is 2. The maximum Gasteiger partial charge on any atom is 0.267 e. The molecule has 3 rings (SSSR count). The number of carbonyl (C=O) groups is 2. The molecule has 0 radical (unpaired) electrons. The molecule has 142 valence electrons. The first-order valence-electron chi connectivity index (χ1n) is 8.92. The molecule has 1 aromatic carbocycles. The van der Waals surface area contributed by atoms with Crippen LogP contribution in [0.5, 0.6) is 0 Å². The van der Waals surface area contributed by atoms with Crippen LogP contribution in [0.4, 0.5) is 0 Å². The molecule has 0 saturated carbocycles. The third kappa shape index (κ3) is 5.80. The molecule has 2 heterocycles. The molecule has 0 spiro atoms. The van der Waals surface area contributed by atoms with Crippen molar-refractivity contribution in [3.05, 3.63) is 65.7 Å². The molecule has 2 aromatic rings. The molecule has 1 aliphatic rings. The number of hydrogen-bond acceptors (Lipinski definition) is 5. The first-order valence-corrected chi connectivity index (χ1v) is 8.92. The van der Waals surface area contributed by atoms with E-state index in [1.54, 1.807) is 36.4 Å². The molecule has 1 fully saturated rings. The van der Waals surface area contributed by atoms with E-state index in [1.165, 1.54) is 12.3 Å². The lowest BCUT2D eigenvalue weighted by atomic mass is 10.2. The molecule has 0 bridgehead atoms. The maximum atomic E-state index is 12.6. The number of ether oxygens (including phenoxy) is 1. The number of nitrogens with zero attached hydrogens (tertiary/aromatic N) is 1. The van der Waals surface area contributed by atoms with E-state index in [-0.39, 0.29) is 17.5 Å². The van der Waals surface area contributed by atoms with Crippen molar-refractivity contribution in [1.29, 1.82) is 0 Å². The summed E-state index contributed by atoms with van der Waals surface area (Å²) >= 11 is 0. The summed E-state index contributed by atoms with van der Waals surface area (Å²) in [5.41, 5.74) is 0.616. The molecule has 1 aromatic heterocycles. The molecule has 0 unspecified atom stereocenters. The Balaban J connectivity index is 1.62. The van der Waals surface area contributed by atoms with Crippen molar-refractivity contribution in [3.63, 3.8) is 0 Å². The Morgan fingerprint density at radius 3 is 2.56 bits per heavy atom. The Bertz CT molecular complexity index is 766. The van der Waals surface area contributed by atoms with Crippen molar-refractivity contribution >= 4 is 17.9 Å². The number of morpholine rings is 1. The Morgan fingerprint density at radius 1 is 1.07 bits per heavy atom. The van der Waals surface area contributed by atoms with Crippen LogP contribution in [-0.2, 0) is 9.53 Å². The average molecular weight is 369 g/mol. The van der Waals surface area contributed by atoms with E-state index in [9.17, 15) is 9.59 Å².